The second-order valence-electron chi connectivity index (χ2n) is 11.9. The quantitative estimate of drug-likeness (QED) is 0.300. The molecule has 0 spiro atoms. The number of ether oxygens (including phenoxy) is 1. The Morgan fingerprint density at radius 2 is 1.42 bits per heavy atom. The summed E-state index contributed by atoms with van der Waals surface area (Å²) >= 11 is 0. The minimum absolute atomic E-state index is 0.0804. The van der Waals surface area contributed by atoms with Gasteiger partial charge in [-0.15, -0.1) is 0 Å². The van der Waals surface area contributed by atoms with Crippen molar-refractivity contribution in [3.8, 4) is 5.75 Å². The van der Waals surface area contributed by atoms with E-state index in [0.717, 1.165) is 65.0 Å². The Hall–Kier alpha value is -1.44. The standard InChI is InChI=1S/C31H51O2/c1-21(2)13-10-14-22(3)15-11-16-23(4)17-12-19-31(9)20-18-28-26(7)29(27(8)32)24(5)25(6)30(28)33-31/h8,21-23,32H,10-20H2,1-7,9H3. The number of rotatable bonds is 13. The second kappa shape index (κ2) is 12.3. The normalized spacial score (nSPS) is 19.8. The molecule has 0 fully saturated rings. The van der Waals surface area contributed by atoms with Gasteiger partial charge in [0, 0.05) is 5.56 Å². The van der Waals surface area contributed by atoms with Crippen LogP contribution in [0.3, 0.4) is 0 Å². The van der Waals surface area contributed by atoms with E-state index in [4.69, 9.17) is 11.3 Å². The summed E-state index contributed by atoms with van der Waals surface area (Å²) in [5.41, 5.74) is 5.13. The van der Waals surface area contributed by atoms with Gasteiger partial charge in [-0.2, -0.15) is 0 Å². The predicted octanol–water partition coefficient (Wildman–Crippen LogP) is 9.47. The van der Waals surface area contributed by atoms with E-state index in [9.17, 15) is 5.11 Å². The van der Waals surface area contributed by atoms with Gasteiger partial charge in [0.05, 0.1) is 0 Å². The highest BCUT2D eigenvalue weighted by molar-refractivity contribution is 5.69. The smallest absolute Gasteiger partial charge is 0.126 e. The van der Waals surface area contributed by atoms with E-state index in [1.165, 1.54) is 56.9 Å². The Kier molecular flexibility index (Phi) is 10.4. The Morgan fingerprint density at radius 3 is 1.97 bits per heavy atom. The van der Waals surface area contributed by atoms with Gasteiger partial charge in [-0.1, -0.05) is 72.6 Å². The zero-order valence-electron chi connectivity index (χ0n) is 22.9. The largest absolute Gasteiger partial charge is 0.507 e. The Labute approximate surface area is 205 Å². The van der Waals surface area contributed by atoms with Crippen molar-refractivity contribution >= 4 is 5.76 Å². The van der Waals surface area contributed by atoms with Crippen LogP contribution < -0.4 is 4.74 Å². The molecule has 33 heavy (non-hydrogen) atoms. The molecule has 2 heteroatoms. The summed E-state index contributed by atoms with van der Waals surface area (Å²) in [4.78, 5) is 0. The molecule has 0 amide bonds. The Morgan fingerprint density at radius 1 is 0.879 bits per heavy atom. The third kappa shape index (κ3) is 7.79. The molecule has 187 valence electrons. The van der Waals surface area contributed by atoms with Gasteiger partial charge in [0.2, 0.25) is 0 Å². The van der Waals surface area contributed by atoms with Crippen LogP contribution in [0.2, 0.25) is 0 Å². The highest BCUT2D eigenvalue weighted by atomic mass is 16.5. The van der Waals surface area contributed by atoms with Gasteiger partial charge in [-0.3, -0.25) is 0 Å². The number of benzene rings is 1. The summed E-state index contributed by atoms with van der Waals surface area (Å²) in [6, 6.07) is 0. The molecular formula is C31H51O2. The lowest BCUT2D eigenvalue weighted by molar-refractivity contribution is 0.0513. The number of aliphatic hydroxyl groups is 1. The molecule has 3 atom stereocenters. The van der Waals surface area contributed by atoms with E-state index in [1.54, 1.807) is 0 Å². The molecule has 0 aromatic heterocycles. The van der Waals surface area contributed by atoms with E-state index < -0.39 is 0 Å². The molecule has 3 unspecified atom stereocenters. The SMILES string of the molecule is [CH]=C(O)c1c(C)c(C)c2c(c1C)CCC(C)(CCCC(C)CCCC(C)CCCC(C)C)O2. The van der Waals surface area contributed by atoms with Gasteiger partial charge in [-0.05, 0) is 100.0 Å². The van der Waals surface area contributed by atoms with Crippen molar-refractivity contribution in [1.82, 2.24) is 0 Å². The monoisotopic (exact) mass is 455 g/mol. The maximum atomic E-state index is 9.99. The number of aliphatic hydroxyl groups excluding tert-OH is 1. The van der Waals surface area contributed by atoms with E-state index in [1.807, 2.05) is 6.92 Å². The van der Waals surface area contributed by atoms with Crippen LogP contribution in [-0.2, 0) is 6.42 Å². The van der Waals surface area contributed by atoms with Gasteiger partial charge in [0.25, 0.3) is 0 Å². The Bertz CT molecular complexity index is 791. The van der Waals surface area contributed by atoms with Gasteiger partial charge >= 0.3 is 0 Å². The average molecular weight is 456 g/mol. The van der Waals surface area contributed by atoms with Crippen LogP contribution in [0.25, 0.3) is 5.76 Å². The molecule has 2 nitrogen and oxygen atoms in total. The van der Waals surface area contributed by atoms with Crippen LogP contribution in [0.4, 0.5) is 0 Å². The maximum absolute atomic E-state index is 9.99. The molecule has 1 aromatic carbocycles. The molecule has 0 saturated heterocycles. The summed E-state index contributed by atoms with van der Waals surface area (Å²) in [6.45, 7) is 23.8. The minimum Gasteiger partial charge on any atom is -0.507 e. The van der Waals surface area contributed by atoms with Crippen molar-refractivity contribution in [3.05, 3.63) is 34.4 Å². The van der Waals surface area contributed by atoms with Crippen molar-refractivity contribution in [3.63, 3.8) is 0 Å². The molecule has 1 N–H and O–H groups in total. The molecule has 1 aromatic rings. The first-order chi connectivity index (χ1) is 15.4. The fourth-order valence-electron chi connectivity index (χ4n) is 5.68. The summed E-state index contributed by atoms with van der Waals surface area (Å²) < 4.78 is 6.66. The molecule has 1 radical (unpaired) electrons. The topological polar surface area (TPSA) is 29.5 Å². The molecule has 1 heterocycles. The van der Waals surface area contributed by atoms with Crippen molar-refractivity contribution in [2.45, 2.75) is 132 Å². The van der Waals surface area contributed by atoms with Crippen LogP contribution in [0.15, 0.2) is 0 Å². The van der Waals surface area contributed by atoms with Crippen LogP contribution in [0, 0.1) is 45.1 Å². The van der Waals surface area contributed by atoms with Crippen molar-refractivity contribution in [1.29, 1.82) is 0 Å². The molecule has 1 aliphatic heterocycles. The lowest BCUT2D eigenvalue weighted by atomic mass is 9.82. The van der Waals surface area contributed by atoms with Crippen molar-refractivity contribution in [2.24, 2.45) is 17.8 Å². The van der Waals surface area contributed by atoms with E-state index in [0.29, 0.717) is 0 Å². The second-order valence-corrected chi connectivity index (χ2v) is 11.9. The first kappa shape index (κ1) is 27.8. The number of hydrogen-bond donors (Lipinski definition) is 1. The lowest BCUT2D eigenvalue weighted by Crippen LogP contribution is -2.37. The maximum Gasteiger partial charge on any atom is 0.126 e. The van der Waals surface area contributed by atoms with Crippen LogP contribution in [0.1, 0.15) is 127 Å². The lowest BCUT2D eigenvalue weighted by Gasteiger charge is -2.38. The van der Waals surface area contributed by atoms with Crippen molar-refractivity contribution < 1.29 is 9.84 Å². The van der Waals surface area contributed by atoms with Crippen LogP contribution in [-0.4, -0.2) is 10.7 Å². The van der Waals surface area contributed by atoms with Gasteiger partial charge in [-0.25, -0.2) is 0 Å². The fraction of sp³-hybridized carbons (Fsp3) is 0.742. The molecule has 0 bridgehead atoms. The average Bonchev–Trinajstić information content (AvgIpc) is 2.71. The predicted molar refractivity (Wildman–Crippen MR) is 143 cm³/mol. The summed E-state index contributed by atoms with van der Waals surface area (Å²) in [6.07, 6.45) is 13.9. The van der Waals surface area contributed by atoms with Crippen LogP contribution in [0.5, 0.6) is 5.75 Å². The summed E-state index contributed by atoms with van der Waals surface area (Å²) in [5, 5.41) is 9.99. The van der Waals surface area contributed by atoms with Gasteiger partial charge < -0.3 is 9.84 Å². The summed E-state index contributed by atoms with van der Waals surface area (Å²) in [7, 11) is 0. The van der Waals surface area contributed by atoms with E-state index in [2.05, 4.69) is 48.5 Å². The van der Waals surface area contributed by atoms with Gasteiger partial charge in [0.15, 0.2) is 0 Å². The highest BCUT2D eigenvalue weighted by Gasteiger charge is 2.34. The molecule has 0 aliphatic carbocycles. The first-order valence-electron chi connectivity index (χ1n) is 13.6. The zero-order valence-corrected chi connectivity index (χ0v) is 22.9. The van der Waals surface area contributed by atoms with E-state index >= 15 is 0 Å². The Balaban J connectivity index is 1.81. The molecular weight excluding hydrogens is 404 g/mol. The molecule has 1 aliphatic rings. The van der Waals surface area contributed by atoms with Gasteiger partial charge in [0.1, 0.15) is 17.1 Å². The molecule has 0 saturated carbocycles. The number of fused-ring (bicyclic) bond motifs is 1. The minimum atomic E-state index is -0.0999. The third-order valence-corrected chi connectivity index (χ3v) is 8.16. The molecule has 2 rings (SSSR count). The zero-order chi connectivity index (χ0) is 24.8. The number of hydrogen-bond acceptors (Lipinski definition) is 2. The van der Waals surface area contributed by atoms with Crippen LogP contribution >= 0.6 is 0 Å². The summed E-state index contributed by atoms with van der Waals surface area (Å²) in [5.74, 6) is 3.46. The van der Waals surface area contributed by atoms with E-state index in [-0.39, 0.29) is 11.4 Å². The third-order valence-electron chi connectivity index (χ3n) is 8.16. The highest BCUT2D eigenvalue weighted by Crippen LogP contribution is 2.43. The fourth-order valence-corrected chi connectivity index (χ4v) is 5.68. The first-order valence-corrected chi connectivity index (χ1v) is 13.6. The van der Waals surface area contributed by atoms with Crippen molar-refractivity contribution in [2.75, 3.05) is 0 Å².